The molecule has 1 amide bonds. The topological polar surface area (TPSA) is 68.5 Å². The number of ether oxygens (including phenoxy) is 1. The molecule has 0 saturated carbocycles. The van der Waals surface area contributed by atoms with E-state index in [1.54, 1.807) is 0 Å². The van der Waals surface area contributed by atoms with Crippen molar-refractivity contribution in [3.63, 3.8) is 0 Å². The third kappa shape index (κ3) is 4.51. The average Bonchev–Trinajstić information content (AvgIpc) is 3.06. The molecule has 0 fully saturated rings. The first kappa shape index (κ1) is 17.7. The minimum Gasteiger partial charge on any atom is -0.459 e. The van der Waals surface area contributed by atoms with Crippen LogP contribution in [-0.4, -0.2) is 18.5 Å². The van der Waals surface area contributed by atoms with Gasteiger partial charge >= 0.3 is 5.97 Å². The summed E-state index contributed by atoms with van der Waals surface area (Å²) >= 11 is 0. The van der Waals surface area contributed by atoms with E-state index in [-0.39, 0.29) is 25.0 Å². The first-order valence-corrected chi connectivity index (χ1v) is 8.50. The summed E-state index contributed by atoms with van der Waals surface area (Å²) in [5.74, 6) is -0.138. The van der Waals surface area contributed by atoms with Crippen LogP contribution in [0.2, 0.25) is 0 Å². The molecule has 134 valence electrons. The van der Waals surface area contributed by atoms with Crippen molar-refractivity contribution < 1.29 is 18.7 Å². The van der Waals surface area contributed by atoms with Gasteiger partial charge in [0.1, 0.15) is 11.3 Å². The van der Waals surface area contributed by atoms with Crippen molar-refractivity contribution in [1.29, 1.82) is 0 Å². The van der Waals surface area contributed by atoms with Gasteiger partial charge < -0.3 is 14.5 Å². The van der Waals surface area contributed by atoms with Crippen LogP contribution in [0.25, 0.3) is 11.0 Å². The van der Waals surface area contributed by atoms with Crippen molar-refractivity contribution in [2.24, 2.45) is 0 Å². The number of furan rings is 1. The molecule has 3 aromatic rings. The highest BCUT2D eigenvalue weighted by Crippen LogP contribution is 2.23. The maximum Gasteiger partial charge on any atom is 0.310 e. The van der Waals surface area contributed by atoms with Crippen LogP contribution in [0.15, 0.2) is 59.0 Å². The molecule has 1 heterocycles. The van der Waals surface area contributed by atoms with E-state index in [9.17, 15) is 9.59 Å². The van der Waals surface area contributed by atoms with E-state index in [0.717, 1.165) is 22.1 Å². The van der Waals surface area contributed by atoms with Crippen molar-refractivity contribution in [2.75, 3.05) is 6.61 Å². The van der Waals surface area contributed by atoms with Gasteiger partial charge in [0.05, 0.1) is 12.5 Å². The van der Waals surface area contributed by atoms with Gasteiger partial charge in [-0.1, -0.05) is 48.0 Å². The van der Waals surface area contributed by atoms with Crippen LogP contribution < -0.4 is 5.32 Å². The van der Waals surface area contributed by atoms with Gasteiger partial charge in [-0.15, -0.1) is 0 Å². The van der Waals surface area contributed by atoms with Gasteiger partial charge in [0, 0.05) is 5.39 Å². The summed E-state index contributed by atoms with van der Waals surface area (Å²) in [4.78, 5) is 23.9. The van der Waals surface area contributed by atoms with E-state index in [1.807, 2.05) is 68.4 Å². The molecule has 1 aromatic heterocycles. The number of fused-ring (bicyclic) bond motifs is 1. The van der Waals surface area contributed by atoms with Gasteiger partial charge in [0.2, 0.25) is 0 Å². The number of esters is 1. The smallest absolute Gasteiger partial charge is 0.310 e. The first-order chi connectivity index (χ1) is 12.5. The van der Waals surface area contributed by atoms with Crippen LogP contribution in [-0.2, 0) is 20.7 Å². The van der Waals surface area contributed by atoms with Gasteiger partial charge in [-0.05, 0) is 31.5 Å². The minimum atomic E-state index is -0.430. The van der Waals surface area contributed by atoms with Crippen LogP contribution in [0.3, 0.4) is 0 Å². The van der Waals surface area contributed by atoms with Crippen molar-refractivity contribution in [1.82, 2.24) is 5.32 Å². The minimum absolute atomic E-state index is 0.146. The zero-order valence-electron chi connectivity index (χ0n) is 14.8. The summed E-state index contributed by atoms with van der Waals surface area (Å²) < 4.78 is 10.8. The first-order valence-electron chi connectivity index (χ1n) is 8.50. The van der Waals surface area contributed by atoms with Crippen LogP contribution in [0.5, 0.6) is 0 Å². The third-order valence-corrected chi connectivity index (χ3v) is 4.08. The molecule has 26 heavy (non-hydrogen) atoms. The number of aryl methyl sites for hydroxylation is 1. The molecule has 0 saturated heterocycles. The predicted octanol–water partition coefficient (Wildman–Crippen LogP) is 3.70. The molecule has 1 N–H and O–H groups in total. The summed E-state index contributed by atoms with van der Waals surface area (Å²) in [6, 6.07) is 16.8. The number of para-hydroxylation sites is 1. The quantitative estimate of drug-likeness (QED) is 0.688. The second kappa shape index (κ2) is 7.87. The van der Waals surface area contributed by atoms with Gasteiger partial charge in [-0.2, -0.15) is 0 Å². The number of hydrogen-bond acceptors (Lipinski definition) is 4. The highest BCUT2D eigenvalue weighted by atomic mass is 16.5. The predicted molar refractivity (Wildman–Crippen MR) is 98.6 cm³/mol. The highest BCUT2D eigenvalue weighted by molar-refractivity contribution is 5.82. The molecule has 3 rings (SSSR count). The monoisotopic (exact) mass is 351 g/mol. The molecular formula is C21H21NO4. The van der Waals surface area contributed by atoms with Crippen LogP contribution in [0, 0.1) is 6.92 Å². The summed E-state index contributed by atoms with van der Waals surface area (Å²) in [6.07, 6.45) is 0.146. The number of benzene rings is 2. The second-order valence-corrected chi connectivity index (χ2v) is 6.30. The fraction of sp³-hybridized carbons (Fsp3) is 0.238. The lowest BCUT2D eigenvalue weighted by atomic mass is 10.1. The molecule has 5 heteroatoms. The Morgan fingerprint density at radius 1 is 1.12 bits per heavy atom. The second-order valence-electron chi connectivity index (χ2n) is 6.30. The Morgan fingerprint density at radius 3 is 2.58 bits per heavy atom. The Hall–Kier alpha value is -3.08. The largest absolute Gasteiger partial charge is 0.459 e. The molecule has 0 aliphatic rings. The molecule has 0 bridgehead atoms. The van der Waals surface area contributed by atoms with Crippen molar-refractivity contribution in [2.45, 2.75) is 26.3 Å². The van der Waals surface area contributed by atoms with Crippen LogP contribution >= 0.6 is 0 Å². The summed E-state index contributed by atoms with van der Waals surface area (Å²) in [7, 11) is 0. The standard InChI is InChI=1S/C21H21NO4/c1-14-7-9-16(10-8-14)11-21(24)25-13-20(23)22-15(2)19-12-17-5-3-4-6-18(17)26-19/h3-10,12,15H,11,13H2,1-2H3,(H,22,23)/t15-/m0/s1. The lowest BCUT2D eigenvalue weighted by Crippen LogP contribution is -2.31. The number of nitrogens with one attached hydrogen (secondary N) is 1. The number of amides is 1. The van der Waals surface area contributed by atoms with E-state index < -0.39 is 5.97 Å². The summed E-state index contributed by atoms with van der Waals surface area (Å²) in [5, 5.41) is 3.75. The van der Waals surface area contributed by atoms with Crippen LogP contribution in [0.1, 0.15) is 29.9 Å². The van der Waals surface area contributed by atoms with E-state index in [1.165, 1.54) is 0 Å². The van der Waals surface area contributed by atoms with E-state index >= 15 is 0 Å². The Balaban J connectivity index is 1.48. The normalized spacial score (nSPS) is 11.9. The Labute approximate surface area is 152 Å². The molecule has 0 unspecified atom stereocenters. The Bertz CT molecular complexity index is 878. The fourth-order valence-electron chi connectivity index (χ4n) is 2.64. The van der Waals surface area contributed by atoms with Crippen molar-refractivity contribution in [3.8, 4) is 0 Å². The molecule has 0 aliphatic heterocycles. The van der Waals surface area contributed by atoms with Gasteiger partial charge in [-0.25, -0.2) is 0 Å². The lowest BCUT2D eigenvalue weighted by Gasteiger charge is -2.11. The molecule has 0 radical (unpaired) electrons. The number of carbonyl (C=O) groups excluding carboxylic acids is 2. The zero-order valence-corrected chi connectivity index (χ0v) is 14.8. The lowest BCUT2D eigenvalue weighted by molar-refractivity contribution is -0.148. The maximum atomic E-state index is 12.0. The average molecular weight is 351 g/mol. The third-order valence-electron chi connectivity index (χ3n) is 4.08. The molecular weight excluding hydrogens is 330 g/mol. The van der Waals surface area contributed by atoms with E-state index in [2.05, 4.69) is 5.32 Å². The van der Waals surface area contributed by atoms with E-state index in [4.69, 9.17) is 9.15 Å². The highest BCUT2D eigenvalue weighted by Gasteiger charge is 2.15. The molecule has 2 aromatic carbocycles. The fourth-order valence-corrected chi connectivity index (χ4v) is 2.64. The maximum absolute atomic E-state index is 12.0. The number of carbonyl (C=O) groups is 2. The van der Waals surface area contributed by atoms with Crippen molar-refractivity contribution >= 4 is 22.8 Å². The number of rotatable bonds is 6. The van der Waals surface area contributed by atoms with Crippen LogP contribution in [0.4, 0.5) is 0 Å². The molecule has 0 spiro atoms. The molecule has 1 atom stereocenters. The van der Waals surface area contributed by atoms with Gasteiger partial charge in [-0.3, -0.25) is 9.59 Å². The Kier molecular flexibility index (Phi) is 5.37. The van der Waals surface area contributed by atoms with E-state index in [0.29, 0.717) is 5.76 Å². The Morgan fingerprint density at radius 2 is 1.85 bits per heavy atom. The van der Waals surface area contributed by atoms with Gasteiger partial charge in [0.15, 0.2) is 6.61 Å². The zero-order chi connectivity index (χ0) is 18.5. The number of hydrogen-bond donors (Lipinski definition) is 1. The SMILES string of the molecule is Cc1ccc(CC(=O)OCC(=O)N[C@@H](C)c2cc3ccccc3o2)cc1. The summed E-state index contributed by atoms with van der Waals surface area (Å²) in [5.41, 5.74) is 2.76. The molecule has 5 nitrogen and oxygen atoms in total. The molecule has 0 aliphatic carbocycles. The van der Waals surface area contributed by atoms with Crippen molar-refractivity contribution in [3.05, 3.63) is 71.5 Å². The van der Waals surface area contributed by atoms with Gasteiger partial charge in [0.25, 0.3) is 5.91 Å². The summed E-state index contributed by atoms with van der Waals surface area (Å²) in [6.45, 7) is 3.49.